The summed E-state index contributed by atoms with van der Waals surface area (Å²) in [4.78, 5) is 7.01. The van der Waals surface area contributed by atoms with Crippen LogP contribution < -0.4 is 11.1 Å². The number of pyridine rings is 1. The van der Waals surface area contributed by atoms with Gasteiger partial charge in [0.15, 0.2) is 0 Å². The minimum absolute atomic E-state index is 0.387. The maximum atomic E-state index is 5.68. The van der Waals surface area contributed by atoms with Crippen molar-refractivity contribution in [3.8, 4) is 0 Å². The Balaban J connectivity index is 2.50. The minimum Gasteiger partial charge on any atom is -0.389 e. The van der Waals surface area contributed by atoms with Gasteiger partial charge in [-0.25, -0.2) is 4.98 Å². The normalized spacial score (nSPS) is 10.7. The van der Waals surface area contributed by atoms with Gasteiger partial charge in [-0.1, -0.05) is 12.2 Å². The first kappa shape index (κ1) is 14.9. The van der Waals surface area contributed by atoms with E-state index >= 15 is 0 Å². The van der Waals surface area contributed by atoms with E-state index in [9.17, 15) is 0 Å². The Hall–Kier alpha value is -1.20. The summed E-state index contributed by atoms with van der Waals surface area (Å²) in [5, 5.41) is 3.31. The molecule has 1 rings (SSSR count). The zero-order chi connectivity index (χ0) is 13.5. The van der Waals surface area contributed by atoms with E-state index in [4.69, 9.17) is 18.0 Å². The molecule has 0 radical (unpaired) electrons. The van der Waals surface area contributed by atoms with Gasteiger partial charge < -0.3 is 16.0 Å². The van der Waals surface area contributed by atoms with Gasteiger partial charge in [0, 0.05) is 12.2 Å². The van der Waals surface area contributed by atoms with Crippen molar-refractivity contribution in [1.29, 1.82) is 0 Å². The third kappa shape index (κ3) is 4.98. The summed E-state index contributed by atoms with van der Waals surface area (Å²) in [5.74, 6) is 0.798. The van der Waals surface area contributed by atoms with E-state index in [1.807, 2.05) is 19.1 Å². The zero-order valence-corrected chi connectivity index (χ0v) is 12.2. The van der Waals surface area contributed by atoms with Gasteiger partial charge in [-0.3, -0.25) is 0 Å². The molecule has 0 atom stereocenters. The van der Waals surface area contributed by atoms with E-state index in [1.54, 1.807) is 0 Å². The molecule has 1 aromatic rings. The lowest BCUT2D eigenvalue weighted by Crippen LogP contribution is -2.17. The molecule has 18 heavy (non-hydrogen) atoms. The van der Waals surface area contributed by atoms with Crippen molar-refractivity contribution in [2.45, 2.75) is 19.8 Å². The van der Waals surface area contributed by atoms with Crippen LogP contribution >= 0.6 is 12.2 Å². The van der Waals surface area contributed by atoms with Crippen molar-refractivity contribution in [2.75, 3.05) is 32.5 Å². The first-order chi connectivity index (χ1) is 8.50. The van der Waals surface area contributed by atoms with Crippen molar-refractivity contribution in [3.63, 3.8) is 0 Å². The number of hydrogen-bond donors (Lipinski definition) is 2. The number of hydrogen-bond acceptors (Lipinski definition) is 4. The molecular weight excluding hydrogens is 244 g/mol. The maximum Gasteiger partial charge on any atom is 0.136 e. The Morgan fingerprint density at radius 2 is 2.11 bits per heavy atom. The van der Waals surface area contributed by atoms with E-state index in [-0.39, 0.29) is 0 Å². The molecule has 1 aromatic heterocycles. The van der Waals surface area contributed by atoms with Gasteiger partial charge in [0.05, 0.1) is 5.56 Å². The van der Waals surface area contributed by atoms with Gasteiger partial charge in [0.1, 0.15) is 10.8 Å². The molecule has 0 aliphatic heterocycles. The van der Waals surface area contributed by atoms with E-state index in [0.717, 1.165) is 43.0 Å². The molecule has 4 nitrogen and oxygen atoms in total. The highest BCUT2D eigenvalue weighted by molar-refractivity contribution is 7.80. The summed E-state index contributed by atoms with van der Waals surface area (Å²) in [6.07, 6.45) is 2.26. The molecule has 0 bridgehead atoms. The van der Waals surface area contributed by atoms with Crippen LogP contribution in [0, 0.1) is 6.92 Å². The van der Waals surface area contributed by atoms with Crippen LogP contribution in [0.3, 0.4) is 0 Å². The van der Waals surface area contributed by atoms with Crippen LogP contribution in [0.2, 0.25) is 0 Å². The number of rotatable bonds is 7. The molecule has 0 unspecified atom stereocenters. The largest absolute Gasteiger partial charge is 0.389 e. The highest BCUT2D eigenvalue weighted by Gasteiger charge is 2.06. The van der Waals surface area contributed by atoms with E-state index in [2.05, 4.69) is 29.3 Å². The molecule has 0 aromatic carbocycles. The zero-order valence-electron chi connectivity index (χ0n) is 11.4. The minimum atomic E-state index is 0.387. The maximum absolute atomic E-state index is 5.68. The number of anilines is 1. The van der Waals surface area contributed by atoms with Gasteiger partial charge in [0.25, 0.3) is 0 Å². The molecule has 100 valence electrons. The number of nitrogens with one attached hydrogen (secondary N) is 1. The molecule has 0 amide bonds. The van der Waals surface area contributed by atoms with Crippen LogP contribution in [0.15, 0.2) is 12.1 Å². The fourth-order valence-corrected chi connectivity index (χ4v) is 1.81. The topological polar surface area (TPSA) is 54.2 Å². The van der Waals surface area contributed by atoms with Gasteiger partial charge in [-0.05, 0) is 52.5 Å². The first-order valence-corrected chi connectivity index (χ1v) is 6.57. The quantitative estimate of drug-likeness (QED) is 0.582. The smallest absolute Gasteiger partial charge is 0.136 e. The second kappa shape index (κ2) is 7.28. The van der Waals surface area contributed by atoms with Crippen molar-refractivity contribution >= 4 is 23.0 Å². The van der Waals surface area contributed by atoms with E-state index < -0.39 is 0 Å². The molecule has 5 heteroatoms. The van der Waals surface area contributed by atoms with Crippen molar-refractivity contribution in [3.05, 3.63) is 23.4 Å². The van der Waals surface area contributed by atoms with Crippen LogP contribution in [0.4, 0.5) is 5.82 Å². The molecule has 0 aliphatic rings. The highest BCUT2D eigenvalue weighted by atomic mass is 32.1. The second-order valence-corrected chi connectivity index (χ2v) is 5.09. The molecule has 1 heterocycles. The molecule has 0 spiro atoms. The number of aryl methyl sites for hydroxylation is 1. The summed E-state index contributed by atoms with van der Waals surface area (Å²) in [7, 11) is 4.17. The van der Waals surface area contributed by atoms with Crippen LogP contribution in [0.5, 0.6) is 0 Å². The third-order valence-electron chi connectivity index (χ3n) is 2.62. The SMILES string of the molecule is Cc1ccc(C(N)=S)c(NCCCCN(C)C)n1. The third-order valence-corrected chi connectivity index (χ3v) is 2.84. The molecule has 3 N–H and O–H groups in total. The summed E-state index contributed by atoms with van der Waals surface area (Å²) in [6.45, 7) is 3.95. The summed E-state index contributed by atoms with van der Waals surface area (Å²) >= 11 is 5.02. The Labute approximate surface area is 115 Å². The Bertz CT molecular complexity index is 404. The van der Waals surface area contributed by atoms with Crippen LogP contribution in [0.1, 0.15) is 24.1 Å². The van der Waals surface area contributed by atoms with E-state index in [1.165, 1.54) is 0 Å². The molecule has 0 aliphatic carbocycles. The van der Waals surface area contributed by atoms with Crippen molar-refractivity contribution in [2.24, 2.45) is 5.73 Å². The molecule has 0 saturated carbocycles. The lowest BCUT2D eigenvalue weighted by molar-refractivity contribution is 0.396. The predicted octanol–water partition coefficient (Wildman–Crippen LogP) is 1.78. The van der Waals surface area contributed by atoms with Crippen molar-refractivity contribution in [1.82, 2.24) is 9.88 Å². The first-order valence-electron chi connectivity index (χ1n) is 6.16. The van der Waals surface area contributed by atoms with Crippen LogP contribution in [0.25, 0.3) is 0 Å². The lowest BCUT2D eigenvalue weighted by Gasteiger charge is -2.12. The number of thiocarbonyl (C=S) groups is 1. The summed E-state index contributed by atoms with van der Waals surface area (Å²) < 4.78 is 0. The fraction of sp³-hybridized carbons (Fsp3) is 0.538. The summed E-state index contributed by atoms with van der Waals surface area (Å²) in [5.41, 5.74) is 7.47. The van der Waals surface area contributed by atoms with Gasteiger partial charge in [0.2, 0.25) is 0 Å². The molecular formula is C13H22N4S. The second-order valence-electron chi connectivity index (χ2n) is 4.65. The van der Waals surface area contributed by atoms with Gasteiger partial charge >= 0.3 is 0 Å². The fourth-order valence-electron chi connectivity index (χ4n) is 1.65. The number of unbranched alkanes of at least 4 members (excludes halogenated alkanes) is 1. The standard InChI is InChI=1S/C13H22N4S/c1-10-6-7-11(12(14)18)13(16-10)15-8-4-5-9-17(2)3/h6-7H,4-5,8-9H2,1-3H3,(H2,14,18)(H,15,16). The highest BCUT2D eigenvalue weighted by Crippen LogP contribution is 2.13. The lowest BCUT2D eigenvalue weighted by atomic mass is 10.2. The number of nitrogens with zero attached hydrogens (tertiary/aromatic N) is 2. The van der Waals surface area contributed by atoms with E-state index in [0.29, 0.717) is 4.99 Å². The Morgan fingerprint density at radius 1 is 1.39 bits per heavy atom. The average molecular weight is 266 g/mol. The summed E-state index contributed by atoms with van der Waals surface area (Å²) in [6, 6.07) is 3.85. The Kier molecular flexibility index (Phi) is 6.01. The number of nitrogens with two attached hydrogens (primary N) is 1. The monoisotopic (exact) mass is 266 g/mol. The Morgan fingerprint density at radius 3 is 2.72 bits per heavy atom. The van der Waals surface area contributed by atoms with Crippen molar-refractivity contribution < 1.29 is 0 Å². The molecule has 0 saturated heterocycles. The number of aromatic nitrogens is 1. The molecule has 0 fully saturated rings. The van der Waals surface area contributed by atoms with Gasteiger partial charge in [-0.2, -0.15) is 0 Å². The van der Waals surface area contributed by atoms with Crippen LogP contribution in [-0.2, 0) is 0 Å². The predicted molar refractivity (Wildman–Crippen MR) is 81.1 cm³/mol. The average Bonchev–Trinajstić information content (AvgIpc) is 2.27. The van der Waals surface area contributed by atoms with Gasteiger partial charge in [-0.15, -0.1) is 0 Å². The van der Waals surface area contributed by atoms with Crippen LogP contribution in [-0.4, -0.2) is 42.1 Å².